The Morgan fingerprint density at radius 1 is 0.500 bits per heavy atom. The van der Waals surface area contributed by atoms with Crippen LogP contribution in [0.3, 0.4) is 0 Å². The third kappa shape index (κ3) is 54.2. The summed E-state index contributed by atoms with van der Waals surface area (Å²) in [6, 6.07) is -0.823. The number of quaternary nitrogens is 1. The zero-order chi connectivity index (χ0) is 52.7. The molecule has 408 valence electrons. The summed E-state index contributed by atoms with van der Waals surface area (Å²) in [4.78, 5) is 25.4. The smallest absolute Gasteiger partial charge is 0.268 e. The van der Waals surface area contributed by atoms with Crippen LogP contribution in [0, 0.1) is 0 Å². The molecule has 0 fully saturated rings. The number of rotatable bonds is 49. The van der Waals surface area contributed by atoms with Crippen LogP contribution in [-0.4, -0.2) is 68.5 Å². The van der Waals surface area contributed by atoms with Gasteiger partial charge in [-0.2, -0.15) is 0 Å². The van der Waals surface area contributed by atoms with Gasteiger partial charge in [0.15, 0.2) is 0 Å². The molecule has 8 nitrogen and oxygen atoms in total. The molecule has 0 aliphatic carbocycles. The van der Waals surface area contributed by atoms with Gasteiger partial charge in [-0.1, -0.05) is 230 Å². The molecule has 0 bridgehead atoms. The molecule has 0 saturated carbocycles. The zero-order valence-corrected chi connectivity index (χ0v) is 47.2. The molecular formula is C63H105N2O6P. The largest absolute Gasteiger partial charge is 0.756 e. The molecule has 72 heavy (non-hydrogen) atoms. The second kappa shape index (κ2) is 52.3. The molecule has 9 heteroatoms. The molecule has 0 aromatic heterocycles. The quantitative estimate of drug-likeness (QED) is 0.0272. The van der Waals surface area contributed by atoms with E-state index in [0.29, 0.717) is 23.9 Å². The molecule has 0 radical (unpaired) electrons. The van der Waals surface area contributed by atoms with E-state index in [9.17, 15) is 19.4 Å². The first-order chi connectivity index (χ1) is 35.0. The molecule has 0 aliphatic rings. The number of phosphoric ester groups is 1. The van der Waals surface area contributed by atoms with Crippen LogP contribution >= 0.6 is 7.82 Å². The molecule has 3 unspecified atom stereocenters. The van der Waals surface area contributed by atoms with Crippen LogP contribution in [0.25, 0.3) is 0 Å². The number of unbranched alkanes of at least 4 members (excludes halogenated alkanes) is 12. The van der Waals surface area contributed by atoms with E-state index in [0.717, 1.165) is 128 Å². The van der Waals surface area contributed by atoms with Gasteiger partial charge in [0.1, 0.15) is 13.2 Å². The summed E-state index contributed by atoms with van der Waals surface area (Å²) in [5, 5.41) is 13.9. The third-order valence-corrected chi connectivity index (χ3v) is 12.6. The highest BCUT2D eigenvalue weighted by Gasteiger charge is 2.24. The summed E-state index contributed by atoms with van der Waals surface area (Å²) in [7, 11) is 1.26. The number of carbonyl (C=O) groups excluding carboxylic acids is 1. The van der Waals surface area contributed by atoms with Crippen molar-refractivity contribution in [1.29, 1.82) is 0 Å². The molecule has 0 aromatic rings. The van der Waals surface area contributed by atoms with E-state index in [1.807, 2.05) is 21.1 Å². The first-order valence-electron chi connectivity index (χ1n) is 28.2. The number of carbonyl (C=O) groups is 1. The summed E-state index contributed by atoms with van der Waals surface area (Å²) in [5.74, 6) is -0.199. The molecule has 0 aliphatic heterocycles. The van der Waals surface area contributed by atoms with Crippen LogP contribution in [0.1, 0.15) is 194 Å². The van der Waals surface area contributed by atoms with Gasteiger partial charge in [-0.3, -0.25) is 9.36 Å². The summed E-state index contributed by atoms with van der Waals surface area (Å²) in [5.41, 5.74) is 0. The van der Waals surface area contributed by atoms with Crippen LogP contribution in [0.4, 0.5) is 0 Å². The number of hydrogen-bond donors (Lipinski definition) is 2. The van der Waals surface area contributed by atoms with Crippen molar-refractivity contribution >= 4 is 13.7 Å². The second-order valence-corrected chi connectivity index (χ2v) is 21.0. The van der Waals surface area contributed by atoms with E-state index in [1.54, 1.807) is 0 Å². The summed E-state index contributed by atoms with van der Waals surface area (Å²) >= 11 is 0. The van der Waals surface area contributed by atoms with Gasteiger partial charge in [0, 0.05) is 6.42 Å². The average molecular weight is 1020 g/mol. The van der Waals surface area contributed by atoms with Crippen LogP contribution < -0.4 is 10.2 Å². The first-order valence-corrected chi connectivity index (χ1v) is 29.6. The van der Waals surface area contributed by atoms with Crippen molar-refractivity contribution < 1.29 is 32.9 Å². The fourth-order valence-corrected chi connectivity index (χ4v) is 7.92. The van der Waals surface area contributed by atoms with E-state index in [-0.39, 0.29) is 19.1 Å². The van der Waals surface area contributed by atoms with Crippen molar-refractivity contribution in [3.63, 3.8) is 0 Å². The Labute approximate surface area is 442 Å². The molecule has 0 rings (SSSR count). The second-order valence-electron chi connectivity index (χ2n) is 19.6. The van der Waals surface area contributed by atoms with Gasteiger partial charge in [-0.05, 0) is 103 Å². The lowest BCUT2D eigenvalue weighted by Crippen LogP contribution is -2.46. The third-order valence-electron chi connectivity index (χ3n) is 11.6. The van der Waals surface area contributed by atoms with Crippen molar-refractivity contribution in [2.75, 3.05) is 40.9 Å². The van der Waals surface area contributed by atoms with Gasteiger partial charge >= 0.3 is 0 Å². The topological polar surface area (TPSA) is 108 Å². The molecule has 0 aromatic carbocycles. The van der Waals surface area contributed by atoms with Crippen molar-refractivity contribution in [2.24, 2.45) is 0 Å². The van der Waals surface area contributed by atoms with Crippen LogP contribution in [0.5, 0.6) is 0 Å². The van der Waals surface area contributed by atoms with Gasteiger partial charge in [0.05, 0.1) is 39.9 Å². The number of hydrogen-bond acceptors (Lipinski definition) is 6. The highest BCUT2D eigenvalue weighted by Crippen LogP contribution is 2.38. The molecule has 0 saturated heterocycles. The van der Waals surface area contributed by atoms with Gasteiger partial charge < -0.3 is 28.8 Å². The standard InChI is InChI=1S/C63H105N2O6P/c1-6-8-10-12-14-16-17-18-19-20-21-22-23-24-25-26-27-28-29-30-31-32-33-34-35-36-37-38-39-40-41-42-43-44-45-46-47-49-51-53-55-57-63(67)64-61(60-71-72(68,69)70-59-58-65(3,4)5)62(66)56-54-52-50-48-15-13-11-9-7-2/h8,10,14,16,18-19,21-22,24-25,27-28,30-31,33-34,36-37,39-40,42-43,45-46,61-62,66H,6-7,9,11-13,15,17,20,23,26,29,32,35,38,41,44,47-60H2,1-5H3,(H-,64,67,68,69)/b10-8-,16-14-,19-18-,22-21-,25-24-,28-27-,31-30-,34-33-,37-36-,40-39-,43-42-,46-45-. The predicted molar refractivity (Wildman–Crippen MR) is 311 cm³/mol. The van der Waals surface area contributed by atoms with Crippen molar-refractivity contribution in [1.82, 2.24) is 5.32 Å². The Morgan fingerprint density at radius 2 is 0.847 bits per heavy atom. The lowest BCUT2D eigenvalue weighted by molar-refractivity contribution is -0.870. The number of nitrogens with one attached hydrogen (secondary N) is 1. The van der Waals surface area contributed by atoms with Crippen molar-refractivity contribution in [2.45, 2.75) is 206 Å². The van der Waals surface area contributed by atoms with Gasteiger partial charge in [0.2, 0.25) is 5.91 Å². The van der Waals surface area contributed by atoms with Crippen LogP contribution in [0.15, 0.2) is 146 Å². The maximum absolute atomic E-state index is 12.9. The molecular weight excluding hydrogens is 912 g/mol. The molecule has 0 spiro atoms. The Hall–Kier alpha value is -3.62. The summed E-state index contributed by atoms with van der Waals surface area (Å²) in [6.45, 7) is 4.53. The molecule has 1 amide bonds. The van der Waals surface area contributed by atoms with E-state index >= 15 is 0 Å². The van der Waals surface area contributed by atoms with Crippen LogP contribution in [0.2, 0.25) is 0 Å². The number of aliphatic hydroxyl groups is 1. The minimum Gasteiger partial charge on any atom is -0.756 e. The predicted octanol–water partition coefficient (Wildman–Crippen LogP) is 16.7. The number of phosphoric acid groups is 1. The minimum absolute atomic E-state index is 0.00110. The van der Waals surface area contributed by atoms with Crippen LogP contribution in [-0.2, 0) is 18.4 Å². The monoisotopic (exact) mass is 1020 g/mol. The van der Waals surface area contributed by atoms with E-state index in [1.165, 1.54) is 38.5 Å². The molecule has 2 N–H and O–H groups in total. The van der Waals surface area contributed by atoms with Gasteiger partial charge in [-0.25, -0.2) is 0 Å². The Morgan fingerprint density at radius 3 is 1.24 bits per heavy atom. The Bertz CT molecular complexity index is 1670. The van der Waals surface area contributed by atoms with E-state index < -0.39 is 20.0 Å². The summed E-state index contributed by atoms with van der Waals surface area (Å²) < 4.78 is 23.2. The van der Waals surface area contributed by atoms with Crippen molar-refractivity contribution in [3.8, 4) is 0 Å². The van der Waals surface area contributed by atoms with Crippen molar-refractivity contribution in [3.05, 3.63) is 146 Å². The zero-order valence-electron chi connectivity index (χ0n) is 46.3. The maximum atomic E-state index is 12.9. The molecule has 3 atom stereocenters. The summed E-state index contributed by atoms with van der Waals surface area (Å²) in [6.07, 6.45) is 80.4. The highest BCUT2D eigenvalue weighted by molar-refractivity contribution is 7.45. The Balaban J connectivity index is 4.11. The number of likely N-dealkylation sites (N-methyl/N-ethyl adjacent to an activating group) is 1. The maximum Gasteiger partial charge on any atom is 0.268 e. The number of nitrogens with zero attached hydrogens (tertiary/aromatic N) is 1. The average Bonchev–Trinajstić information content (AvgIpc) is 3.34. The number of aliphatic hydroxyl groups excluding tert-OH is 1. The first kappa shape index (κ1) is 68.4. The fourth-order valence-electron chi connectivity index (χ4n) is 7.20. The highest BCUT2D eigenvalue weighted by atomic mass is 31.2. The fraction of sp³-hybridized carbons (Fsp3) is 0.603. The minimum atomic E-state index is -4.58. The van der Waals surface area contributed by atoms with Gasteiger partial charge in [-0.15, -0.1) is 0 Å². The lowest BCUT2D eigenvalue weighted by Gasteiger charge is -2.30. The van der Waals surface area contributed by atoms with E-state index in [4.69, 9.17) is 9.05 Å². The van der Waals surface area contributed by atoms with Gasteiger partial charge in [0.25, 0.3) is 7.82 Å². The van der Waals surface area contributed by atoms with E-state index in [2.05, 4.69) is 165 Å². The number of allylic oxidation sites excluding steroid dienone is 24. The number of amides is 1. The Kier molecular flexibility index (Phi) is 49.6. The molecule has 0 heterocycles. The normalized spacial score (nSPS) is 15.0. The lowest BCUT2D eigenvalue weighted by atomic mass is 10.0. The SMILES string of the molecule is CC/C=C\C/C=C\C/C=C\C/C=C\C/C=C\C/C=C\C/C=C\C/C=C\C/C=C\C/C=C\C/C=C\C/C=C\CCCCCCC(=O)NC(COP(=O)([O-])OCC[N+](C)(C)C)C(O)CCCCCCCCCCC.